The van der Waals surface area contributed by atoms with Crippen LogP contribution in [-0.2, 0) is 0 Å². The van der Waals surface area contributed by atoms with Gasteiger partial charge in [-0.05, 0) is 81.0 Å². The molecular weight excluding hydrogens is 855 g/mol. The summed E-state index contributed by atoms with van der Waals surface area (Å²) in [5.74, 6) is 2.45. The van der Waals surface area contributed by atoms with E-state index < -0.39 is 0 Å². The zero-order valence-corrected chi connectivity index (χ0v) is 38.6. The van der Waals surface area contributed by atoms with E-state index in [0.29, 0.717) is 57.2 Å². The van der Waals surface area contributed by atoms with Crippen LogP contribution in [0.3, 0.4) is 0 Å². The van der Waals surface area contributed by atoms with Crippen molar-refractivity contribution in [1.29, 1.82) is 0 Å². The van der Waals surface area contributed by atoms with Gasteiger partial charge in [-0.25, -0.2) is 20.2 Å². The van der Waals surface area contributed by atoms with Crippen LogP contribution in [0, 0.1) is 0 Å². The number of aliphatic hydroxyl groups excluding tert-OH is 2. The number of aromatic amines is 2. The maximum atomic E-state index is 9.18. The summed E-state index contributed by atoms with van der Waals surface area (Å²) in [4.78, 5) is 25.7. The summed E-state index contributed by atoms with van der Waals surface area (Å²) in [6.45, 7) is -0.551. The summed E-state index contributed by atoms with van der Waals surface area (Å²) in [6.07, 6.45) is 3.10. The Hall–Kier alpha value is -6.64. The second-order valence-corrected chi connectivity index (χ2v) is 12.1. The molecule has 0 fully saturated rings. The van der Waals surface area contributed by atoms with E-state index in [4.69, 9.17) is 39.9 Å². The number of benzene rings is 2. The van der Waals surface area contributed by atoms with Gasteiger partial charge in [0, 0.05) is 23.5 Å². The molecule has 316 valence electrons. The Morgan fingerprint density at radius 1 is 0.562 bits per heavy atom. The molecule has 6 heterocycles. The largest absolute Gasteiger partial charge is 1.00 e. The maximum absolute atomic E-state index is 9.18. The Balaban J connectivity index is 0.000000234. The minimum Gasteiger partial charge on any atom is -0.493 e. The van der Waals surface area contributed by atoms with Crippen molar-refractivity contribution in [2.75, 3.05) is 40.6 Å². The van der Waals surface area contributed by atoms with Gasteiger partial charge in [0.1, 0.15) is 24.6 Å². The molecule has 0 saturated carbocycles. The fourth-order valence-corrected chi connectivity index (χ4v) is 5.34. The van der Waals surface area contributed by atoms with Crippen molar-refractivity contribution in [3.63, 3.8) is 0 Å². The number of ether oxygens (including phenoxy) is 6. The van der Waals surface area contributed by atoms with E-state index in [9.17, 15) is 10.2 Å². The van der Waals surface area contributed by atoms with Crippen LogP contribution in [0.15, 0.2) is 85.2 Å². The number of aromatic nitrogens is 14. The first kappa shape index (κ1) is 48.4. The van der Waals surface area contributed by atoms with Gasteiger partial charge in [0.2, 0.25) is 0 Å². The van der Waals surface area contributed by atoms with Gasteiger partial charge in [0.15, 0.2) is 46.1 Å². The van der Waals surface area contributed by atoms with E-state index >= 15 is 0 Å². The van der Waals surface area contributed by atoms with E-state index in [1.54, 1.807) is 85.2 Å². The summed E-state index contributed by atoms with van der Waals surface area (Å²) in [7, 11) is 3.02. The molecule has 6 N–H and O–H groups in total. The van der Waals surface area contributed by atoms with Crippen molar-refractivity contribution < 1.29 is 97.7 Å². The third-order valence-electron chi connectivity index (χ3n) is 8.10. The van der Waals surface area contributed by atoms with E-state index in [-0.39, 0.29) is 132 Å². The number of para-hydroxylation sites is 4. The Labute approximate surface area is 407 Å². The van der Waals surface area contributed by atoms with Gasteiger partial charge in [0.05, 0.1) is 39.1 Å². The first-order valence-electron chi connectivity index (χ1n) is 18.2. The molecule has 0 atom stereocenters. The molecule has 0 aliphatic rings. The second kappa shape index (κ2) is 23.7. The van der Waals surface area contributed by atoms with E-state index in [2.05, 4.69) is 71.2 Å². The maximum Gasteiger partial charge on any atom is 1.00 e. The molecule has 8 aromatic rings. The van der Waals surface area contributed by atoms with Gasteiger partial charge < -0.3 is 60.1 Å². The molecule has 0 saturated heterocycles. The van der Waals surface area contributed by atoms with Crippen LogP contribution in [0.2, 0.25) is 0 Å². The fraction of sp³-hybridized carbons (Fsp3) is 0.158. The van der Waals surface area contributed by atoms with E-state index in [0.717, 1.165) is 0 Å². The van der Waals surface area contributed by atoms with Crippen molar-refractivity contribution in [2.24, 2.45) is 0 Å². The molecule has 0 radical (unpaired) electrons. The van der Waals surface area contributed by atoms with Gasteiger partial charge in [-0.15, -0.1) is 10.2 Å². The molecule has 24 nitrogen and oxygen atoms in total. The summed E-state index contributed by atoms with van der Waals surface area (Å²) in [6, 6.07) is 20.6. The zero-order valence-electron chi connectivity index (χ0n) is 34.6. The topological polar surface area (TPSA) is 330 Å². The van der Waals surface area contributed by atoms with Crippen molar-refractivity contribution in [2.45, 2.75) is 0 Å². The number of hydrogen-bond acceptors (Lipinski definition) is 20. The predicted molar refractivity (Wildman–Crippen MR) is 216 cm³/mol. The van der Waals surface area contributed by atoms with E-state index in [1.807, 2.05) is 0 Å². The Morgan fingerprint density at radius 2 is 0.969 bits per heavy atom. The number of aliphatic hydroxyl groups is 2. The fourth-order valence-electron chi connectivity index (χ4n) is 5.34. The average Bonchev–Trinajstić information content (AvgIpc) is 4.07. The normalized spacial score (nSPS) is 10.3. The minimum absolute atomic E-state index is 0. The Kier molecular flexibility index (Phi) is 17.9. The summed E-state index contributed by atoms with van der Waals surface area (Å²) < 4.78 is 33.3. The molecule has 0 bridgehead atoms. The van der Waals surface area contributed by atoms with Crippen LogP contribution >= 0.6 is 0 Å². The van der Waals surface area contributed by atoms with Gasteiger partial charge in [-0.1, -0.05) is 24.3 Å². The number of nitrogens with zero attached hydrogens (tertiary/aromatic N) is 12. The number of methoxy groups -OCH3 is 2. The van der Waals surface area contributed by atoms with Crippen LogP contribution < -0.4 is 87.5 Å². The van der Waals surface area contributed by atoms with Crippen molar-refractivity contribution in [3.8, 4) is 92.1 Å². The standard InChI is InChI=1S/2C19H17N8O4.2Na/c2*1-29-13-4-2-3-5-14(13)31-15-16(20)22-17(23-19(15)30-9-8-28)11-6-7-21-12(10-11)18-24-26-27-25-18;;/h2*2-7,10,28H,8-9H2,1H3,(H2-,20,22,23,24,25,26,27);;/q2*-1;2*+1. The van der Waals surface area contributed by atoms with Crippen LogP contribution in [0.25, 0.3) is 57.3 Å². The summed E-state index contributed by atoms with van der Waals surface area (Å²) in [5.41, 5.74) is 18.9. The third kappa shape index (κ3) is 11.9. The van der Waals surface area contributed by atoms with E-state index in [1.165, 1.54) is 14.2 Å². The molecule has 26 heteroatoms. The van der Waals surface area contributed by atoms with Crippen LogP contribution in [0.1, 0.15) is 0 Å². The molecule has 0 aliphatic heterocycles. The monoisotopic (exact) mass is 888 g/mol. The molecule has 0 spiro atoms. The number of tetrazole rings is 2. The average molecular weight is 889 g/mol. The zero-order chi connectivity index (χ0) is 43.3. The molecule has 0 aliphatic carbocycles. The predicted octanol–water partition coefficient (Wildman–Crippen LogP) is -0.843. The number of pyridine rings is 2. The van der Waals surface area contributed by atoms with Gasteiger partial charge in [-0.3, -0.25) is 9.97 Å². The van der Waals surface area contributed by atoms with Gasteiger partial charge in [-0.2, -0.15) is 0 Å². The number of H-pyrrole nitrogens is 2. The molecule has 6 aromatic heterocycles. The first-order valence-corrected chi connectivity index (χ1v) is 18.2. The van der Waals surface area contributed by atoms with Crippen LogP contribution in [0.5, 0.6) is 46.3 Å². The van der Waals surface area contributed by atoms with Crippen molar-refractivity contribution >= 4 is 11.6 Å². The Morgan fingerprint density at radius 3 is 1.33 bits per heavy atom. The van der Waals surface area contributed by atoms with Crippen LogP contribution in [0.4, 0.5) is 11.6 Å². The Bertz CT molecular complexity index is 2540. The summed E-state index contributed by atoms with van der Waals surface area (Å²) in [5, 5.41) is 45.4. The number of nitrogens with one attached hydrogen (secondary N) is 4. The van der Waals surface area contributed by atoms with Crippen molar-refractivity contribution in [1.82, 2.24) is 71.2 Å². The second-order valence-electron chi connectivity index (χ2n) is 12.1. The van der Waals surface area contributed by atoms with Crippen molar-refractivity contribution in [3.05, 3.63) is 96.7 Å². The molecular formula is C38H34N16Na2O8. The smallest absolute Gasteiger partial charge is 0.493 e. The number of hydrogen-bond donors (Lipinski definition) is 4. The molecule has 8 rings (SSSR count). The van der Waals surface area contributed by atoms with Gasteiger partial charge in [0.25, 0.3) is 11.8 Å². The number of rotatable bonds is 16. The van der Waals surface area contributed by atoms with Crippen LogP contribution in [-0.4, -0.2) is 122 Å². The van der Waals surface area contributed by atoms with Gasteiger partial charge >= 0.3 is 59.1 Å². The quantitative estimate of drug-likeness (QED) is 0.0859. The minimum atomic E-state index is -0.237. The molecule has 0 amide bonds. The SMILES string of the molecule is COc1ccccc1Oc1c([NH-])nc(-c2ccnc(-c3nnn[nH]3)c2)nc1OCCO.COc1ccccc1Oc1c([NH-])nc(-c2ccnc(-c3nnn[nH]3)c2)nc1OCCO.[Na+].[Na+]. The summed E-state index contributed by atoms with van der Waals surface area (Å²) >= 11 is 0. The third-order valence-corrected chi connectivity index (χ3v) is 8.10. The molecule has 2 aromatic carbocycles. The molecule has 0 unspecified atom stereocenters. The first-order chi connectivity index (χ1) is 30.4. The molecule has 64 heavy (non-hydrogen) atoms.